The molecule has 0 atom stereocenters. The number of hydrogen-bond acceptors (Lipinski definition) is 5. The van der Waals surface area contributed by atoms with Crippen molar-refractivity contribution in [1.29, 1.82) is 5.26 Å². The molecule has 0 amide bonds. The minimum Gasteiger partial charge on any atom is -0.348 e. The van der Waals surface area contributed by atoms with Gasteiger partial charge >= 0.3 is 0 Å². The maximum atomic E-state index is 8.91. The quantitative estimate of drug-likeness (QED) is 0.932. The molecule has 0 aromatic carbocycles. The monoisotopic (exact) mass is 282 g/mol. The number of hydrogen-bond donors (Lipinski definition) is 1. The van der Waals surface area contributed by atoms with E-state index in [4.69, 9.17) is 5.26 Å². The van der Waals surface area contributed by atoms with E-state index < -0.39 is 0 Å². The predicted octanol–water partition coefficient (Wildman–Crippen LogP) is 2.58. The average Bonchev–Trinajstić information content (AvgIpc) is 3.15. The smallest absolute Gasteiger partial charge is 0.224 e. The number of rotatable bonds is 4. The zero-order valence-corrected chi connectivity index (χ0v) is 12.1. The van der Waals surface area contributed by atoms with E-state index in [1.165, 1.54) is 25.7 Å². The van der Waals surface area contributed by atoms with E-state index in [0.29, 0.717) is 24.2 Å². The molecule has 1 aliphatic carbocycles. The summed E-state index contributed by atoms with van der Waals surface area (Å²) in [5, 5.41) is 16.6. The van der Waals surface area contributed by atoms with Gasteiger partial charge in [-0.15, -0.1) is 0 Å². The van der Waals surface area contributed by atoms with Gasteiger partial charge in [-0.25, -0.2) is 9.97 Å². The van der Waals surface area contributed by atoms with E-state index in [-0.39, 0.29) is 0 Å². The van der Waals surface area contributed by atoms with E-state index in [0.717, 1.165) is 11.4 Å². The van der Waals surface area contributed by atoms with Crippen LogP contribution in [0.5, 0.6) is 0 Å². The van der Waals surface area contributed by atoms with Crippen molar-refractivity contribution in [3.05, 3.63) is 35.4 Å². The Labute approximate surface area is 123 Å². The third-order valence-electron chi connectivity index (χ3n) is 3.76. The van der Waals surface area contributed by atoms with Crippen LogP contribution >= 0.6 is 0 Å². The number of anilines is 1. The van der Waals surface area contributed by atoms with Crippen LogP contribution in [0.25, 0.3) is 0 Å². The van der Waals surface area contributed by atoms with Crippen molar-refractivity contribution >= 4 is 5.95 Å². The van der Waals surface area contributed by atoms with Crippen LogP contribution in [-0.4, -0.2) is 19.7 Å². The van der Waals surface area contributed by atoms with E-state index in [2.05, 4.69) is 25.1 Å². The Hall–Kier alpha value is -2.42. The van der Waals surface area contributed by atoms with Crippen molar-refractivity contribution in [2.24, 2.45) is 0 Å². The Balaban J connectivity index is 1.65. The van der Waals surface area contributed by atoms with Crippen molar-refractivity contribution < 1.29 is 0 Å². The van der Waals surface area contributed by atoms with Gasteiger partial charge in [-0.05, 0) is 31.9 Å². The largest absolute Gasteiger partial charge is 0.348 e. The molecule has 21 heavy (non-hydrogen) atoms. The van der Waals surface area contributed by atoms with E-state index in [1.54, 1.807) is 6.07 Å². The molecule has 108 valence electrons. The fraction of sp³-hybridized carbons (Fsp3) is 0.467. The van der Waals surface area contributed by atoms with Crippen LogP contribution in [0.15, 0.2) is 18.3 Å². The highest BCUT2D eigenvalue weighted by atomic mass is 15.3. The van der Waals surface area contributed by atoms with Crippen LogP contribution < -0.4 is 5.32 Å². The molecule has 0 unspecified atom stereocenters. The molecule has 2 heterocycles. The third-order valence-corrected chi connectivity index (χ3v) is 3.76. The molecule has 1 aliphatic rings. The minimum atomic E-state index is 0.376. The van der Waals surface area contributed by atoms with E-state index in [9.17, 15) is 0 Å². The molecule has 1 fully saturated rings. The Morgan fingerprint density at radius 3 is 2.95 bits per heavy atom. The summed E-state index contributed by atoms with van der Waals surface area (Å²) in [7, 11) is 0. The topological polar surface area (TPSA) is 79.4 Å². The highest BCUT2D eigenvalue weighted by Gasteiger charge is 2.17. The normalized spacial score (nSPS) is 15.0. The summed E-state index contributed by atoms with van der Waals surface area (Å²) in [5.41, 5.74) is 2.12. The van der Waals surface area contributed by atoms with Gasteiger partial charge < -0.3 is 5.32 Å². The Morgan fingerprint density at radius 1 is 1.38 bits per heavy atom. The number of nitrogens with one attached hydrogen (secondary N) is 1. The first-order valence-corrected chi connectivity index (χ1v) is 7.28. The maximum absolute atomic E-state index is 8.91. The first-order valence-electron chi connectivity index (χ1n) is 7.28. The van der Waals surface area contributed by atoms with Crippen LogP contribution in [0.2, 0.25) is 0 Å². The van der Waals surface area contributed by atoms with E-state index in [1.807, 2.05) is 25.3 Å². The molecule has 1 saturated carbocycles. The lowest BCUT2D eigenvalue weighted by atomic mass is 10.3. The second kappa shape index (κ2) is 5.92. The zero-order valence-electron chi connectivity index (χ0n) is 12.1. The van der Waals surface area contributed by atoms with Gasteiger partial charge in [0.25, 0.3) is 0 Å². The summed E-state index contributed by atoms with van der Waals surface area (Å²) in [6.45, 7) is 2.41. The fourth-order valence-electron chi connectivity index (χ4n) is 2.72. The SMILES string of the molecule is Cc1cc(C#N)nc(NCc2ccn(C3CCCC3)n2)n1. The summed E-state index contributed by atoms with van der Waals surface area (Å²) in [6, 6.07) is 6.28. The summed E-state index contributed by atoms with van der Waals surface area (Å²) >= 11 is 0. The zero-order chi connectivity index (χ0) is 14.7. The molecule has 0 radical (unpaired) electrons. The number of aromatic nitrogens is 4. The predicted molar refractivity (Wildman–Crippen MR) is 78.5 cm³/mol. The summed E-state index contributed by atoms with van der Waals surface area (Å²) < 4.78 is 2.07. The highest BCUT2D eigenvalue weighted by molar-refractivity contribution is 5.33. The van der Waals surface area contributed by atoms with Gasteiger partial charge in [0, 0.05) is 11.9 Å². The first-order chi connectivity index (χ1) is 10.2. The second-order valence-corrected chi connectivity index (χ2v) is 5.41. The number of aryl methyl sites for hydroxylation is 1. The third kappa shape index (κ3) is 3.19. The molecule has 0 bridgehead atoms. The van der Waals surface area contributed by atoms with Crippen molar-refractivity contribution in [2.45, 2.75) is 45.2 Å². The molecular weight excluding hydrogens is 264 g/mol. The lowest BCUT2D eigenvalue weighted by Gasteiger charge is -2.09. The summed E-state index contributed by atoms with van der Waals surface area (Å²) in [5.74, 6) is 0.474. The lowest BCUT2D eigenvalue weighted by molar-refractivity contribution is 0.463. The van der Waals surface area contributed by atoms with Crippen molar-refractivity contribution in [2.75, 3.05) is 5.32 Å². The molecule has 0 saturated heterocycles. The standard InChI is InChI=1S/C15H18N6/c1-11-8-13(9-16)19-15(18-11)17-10-12-6-7-21(20-12)14-4-2-3-5-14/h6-8,14H,2-5,10H2,1H3,(H,17,18,19). The van der Waals surface area contributed by atoms with Gasteiger partial charge in [0.15, 0.2) is 0 Å². The number of nitriles is 1. The average molecular weight is 282 g/mol. The van der Waals surface area contributed by atoms with Crippen LogP contribution in [-0.2, 0) is 6.54 Å². The molecule has 3 rings (SSSR count). The Kier molecular flexibility index (Phi) is 3.82. The highest BCUT2D eigenvalue weighted by Crippen LogP contribution is 2.28. The maximum Gasteiger partial charge on any atom is 0.224 e. The molecule has 2 aromatic rings. The Morgan fingerprint density at radius 2 is 2.19 bits per heavy atom. The van der Waals surface area contributed by atoms with Gasteiger partial charge in [0.1, 0.15) is 11.8 Å². The molecule has 0 aliphatic heterocycles. The van der Waals surface area contributed by atoms with Gasteiger partial charge in [0.2, 0.25) is 5.95 Å². The van der Waals surface area contributed by atoms with Crippen molar-refractivity contribution in [3.63, 3.8) is 0 Å². The van der Waals surface area contributed by atoms with Gasteiger partial charge in [-0.1, -0.05) is 12.8 Å². The van der Waals surface area contributed by atoms with Crippen LogP contribution in [0, 0.1) is 18.3 Å². The van der Waals surface area contributed by atoms with Crippen LogP contribution in [0.4, 0.5) is 5.95 Å². The number of nitrogens with zero attached hydrogens (tertiary/aromatic N) is 5. The van der Waals surface area contributed by atoms with Gasteiger partial charge in [-0.3, -0.25) is 4.68 Å². The van der Waals surface area contributed by atoms with Crippen molar-refractivity contribution in [1.82, 2.24) is 19.7 Å². The van der Waals surface area contributed by atoms with Gasteiger partial charge in [-0.2, -0.15) is 10.4 Å². The van der Waals surface area contributed by atoms with Crippen molar-refractivity contribution in [3.8, 4) is 6.07 Å². The molecule has 6 nitrogen and oxygen atoms in total. The molecular formula is C15H18N6. The Bertz CT molecular complexity index is 663. The lowest BCUT2D eigenvalue weighted by Crippen LogP contribution is -2.08. The summed E-state index contributed by atoms with van der Waals surface area (Å²) in [6.07, 6.45) is 7.09. The van der Waals surface area contributed by atoms with E-state index >= 15 is 0 Å². The fourth-order valence-corrected chi connectivity index (χ4v) is 2.72. The second-order valence-electron chi connectivity index (χ2n) is 5.41. The molecule has 2 aromatic heterocycles. The molecule has 0 spiro atoms. The minimum absolute atomic E-state index is 0.376. The van der Waals surface area contributed by atoms with Crippen LogP contribution in [0.3, 0.4) is 0 Å². The van der Waals surface area contributed by atoms with Gasteiger partial charge in [0.05, 0.1) is 18.3 Å². The van der Waals surface area contributed by atoms with Crippen LogP contribution in [0.1, 0.15) is 48.8 Å². The first kappa shape index (κ1) is 13.6. The molecule has 1 N–H and O–H groups in total. The molecule has 6 heteroatoms. The summed E-state index contributed by atoms with van der Waals surface area (Å²) in [4.78, 5) is 8.41.